The summed E-state index contributed by atoms with van der Waals surface area (Å²) in [4.78, 5) is 29.1. The first kappa shape index (κ1) is 21.3. The van der Waals surface area contributed by atoms with Gasteiger partial charge in [0, 0.05) is 65.4 Å². The lowest BCUT2D eigenvalue weighted by molar-refractivity contribution is 0.585. The van der Waals surface area contributed by atoms with E-state index in [-0.39, 0.29) is 28.2 Å². The fourth-order valence-corrected chi connectivity index (χ4v) is 4.66. The fourth-order valence-electron chi connectivity index (χ4n) is 4.66. The summed E-state index contributed by atoms with van der Waals surface area (Å²) in [6.45, 7) is 0. The average molecular weight is 469 g/mol. The van der Waals surface area contributed by atoms with Gasteiger partial charge >= 0.3 is 0 Å². The number of hydrogen-bond donors (Lipinski definition) is 1. The van der Waals surface area contributed by atoms with E-state index in [9.17, 15) is 18.4 Å². The van der Waals surface area contributed by atoms with Crippen LogP contribution in [0.25, 0.3) is 44.4 Å². The topological polar surface area (TPSA) is 59.8 Å². The third-order valence-electron chi connectivity index (χ3n) is 6.58. The Morgan fingerprint density at radius 2 is 1.63 bits per heavy atom. The third-order valence-corrected chi connectivity index (χ3v) is 6.58. The molecule has 1 saturated carbocycles. The first-order chi connectivity index (χ1) is 16.9. The summed E-state index contributed by atoms with van der Waals surface area (Å²) in [6.07, 6.45) is 5.55. The Morgan fingerprint density at radius 3 is 2.34 bits per heavy atom. The van der Waals surface area contributed by atoms with Crippen LogP contribution in [-0.2, 0) is 7.05 Å². The number of nitrogens with one attached hydrogen (secondary N) is 1. The standard InChI is InChI=1S/C28H21F2N3O2/c1-32-14-23(21-12-25(31-27(21)28(32)35)19-10-7-17(29)11-24(19)30)20-13-26(34)33(18-8-9-18)15-22(20)16-5-3-2-4-6-16/h2-7,10-15,18,31H,8-9H2,1H3. The lowest BCUT2D eigenvalue weighted by Gasteiger charge is -2.15. The van der Waals surface area contributed by atoms with Gasteiger partial charge < -0.3 is 14.1 Å². The predicted molar refractivity (Wildman–Crippen MR) is 132 cm³/mol. The van der Waals surface area contributed by atoms with Crippen LogP contribution in [-0.4, -0.2) is 14.1 Å². The second-order valence-electron chi connectivity index (χ2n) is 9.00. The summed E-state index contributed by atoms with van der Waals surface area (Å²) in [5.41, 5.74) is 3.57. The quantitative estimate of drug-likeness (QED) is 0.370. The van der Waals surface area contributed by atoms with Crippen molar-refractivity contribution in [3.63, 3.8) is 0 Å². The minimum Gasteiger partial charge on any atom is -0.350 e. The van der Waals surface area contributed by atoms with Gasteiger partial charge in [0.25, 0.3) is 11.1 Å². The Labute approximate surface area is 198 Å². The largest absolute Gasteiger partial charge is 0.350 e. The van der Waals surface area contributed by atoms with Crippen LogP contribution in [0, 0.1) is 11.6 Å². The van der Waals surface area contributed by atoms with Crippen molar-refractivity contribution in [2.75, 3.05) is 0 Å². The SMILES string of the molecule is Cn1cc(-c2cc(=O)n(C3CC3)cc2-c2ccccc2)c2cc(-c3ccc(F)cc3F)[nH]c2c1=O. The van der Waals surface area contributed by atoms with Gasteiger partial charge in [-0.05, 0) is 42.2 Å². The van der Waals surface area contributed by atoms with Crippen molar-refractivity contribution in [3.05, 3.63) is 105 Å². The molecule has 6 rings (SSSR count). The minimum absolute atomic E-state index is 0.107. The molecule has 174 valence electrons. The summed E-state index contributed by atoms with van der Waals surface area (Å²) in [5.74, 6) is -1.41. The zero-order valence-electron chi connectivity index (χ0n) is 18.9. The lowest BCUT2D eigenvalue weighted by Crippen LogP contribution is -2.19. The number of pyridine rings is 2. The van der Waals surface area contributed by atoms with E-state index in [2.05, 4.69) is 4.98 Å². The van der Waals surface area contributed by atoms with E-state index in [1.165, 1.54) is 16.7 Å². The van der Waals surface area contributed by atoms with Gasteiger partial charge in [0.2, 0.25) is 0 Å². The van der Waals surface area contributed by atoms with Crippen molar-refractivity contribution in [1.29, 1.82) is 0 Å². The van der Waals surface area contributed by atoms with Gasteiger partial charge in [0.05, 0.1) is 0 Å². The Hall–Kier alpha value is -4.26. The van der Waals surface area contributed by atoms with Crippen LogP contribution in [0.5, 0.6) is 0 Å². The molecule has 5 aromatic rings. The molecule has 0 radical (unpaired) electrons. The zero-order valence-corrected chi connectivity index (χ0v) is 18.9. The molecule has 0 unspecified atom stereocenters. The molecule has 0 amide bonds. The number of hydrogen-bond acceptors (Lipinski definition) is 2. The molecule has 0 atom stereocenters. The average Bonchev–Trinajstić information content (AvgIpc) is 3.59. The molecule has 0 aliphatic heterocycles. The number of benzene rings is 2. The Morgan fingerprint density at radius 1 is 0.857 bits per heavy atom. The van der Waals surface area contributed by atoms with Crippen LogP contribution >= 0.6 is 0 Å². The number of fused-ring (bicyclic) bond motifs is 1. The summed E-state index contributed by atoms with van der Waals surface area (Å²) in [5, 5.41) is 0.563. The van der Waals surface area contributed by atoms with Gasteiger partial charge in [-0.25, -0.2) is 8.78 Å². The summed E-state index contributed by atoms with van der Waals surface area (Å²) in [6, 6.07) is 16.6. The number of halogens is 2. The molecule has 0 bridgehead atoms. The number of aromatic nitrogens is 3. The smallest absolute Gasteiger partial charge is 0.274 e. The molecular weight excluding hydrogens is 448 g/mol. The Kier molecular flexibility index (Phi) is 4.81. The number of aryl methyl sites for hydroxylation is 1. The van der Waals surface area contributed by atoms with Crippen LogP contribution in [0.1, 0.15) is 18.9 Å². The van der Waals surface area contributed by atoms with Crippen molar-refractivity contribution in [2.45, 2.75) is 18.9 Å². The predicted octanol–water partition coefficient (Wildman–Crippen LogP) is 5.64. The highest BCUT2D eigenvalue weighted by Crippen LogP contribution is 2.39. The van der Waals surface area contributed by atoms with Gasteiger partial charge in [-0.3, -0.25) is 9.59 Å². The highest BCUT2D eigenvalue weighted by atomic mass is 19.1. The van der Waals surface area contributed by atoms with E-state index in [4.69, 9.17) is 0 Å². The van der Waals surface area contributed by atoms with Gasteiger partial charge in [0.15, 0.2) is 0 Å². The maximum absolute atomic E-state index is 14.5. The molecule has 35 heavy (non-hydrogen) atoms. The monoisotopic (exact) mass is 469 g/mol. The lowest BCUT2D eigenvalue weighted by atomic mass is 9.95. The molecule has 1 N–H and O–H groups in total. The van der Waals surface area contributed by atoms with E-state index in [1.54, 1.807) is 29.9 Å². The van der Waals surface area contributed by atoms with Gasteiger partial charge in [-0.2, -0.15) is 0 Å². The van der Waals surface area contributed by atoms with Crippen LogP contribution < -0.4 is 11.1 Å². The summed E-state index contributed by atoms with van der Waals surface area (Å²) >= 11 is 0. The second kappa shape index (κ2) is 7.91. The molecule has 5 nitrogen and oxygen atoms in total. The van der Waals surface area contributed by atoms with E-state index in [0.717, 1.165) is 30.0 Å². The highest BCUT2D eigenvalue weighted by molar-refractivity contribution is 6.00. The molecular formula is C28H21F2N3O2. The van der Waals surface area contributed by atoms with Crippen molar-refractivity contribution in [3.8, 4) is 33.5 Å². The van der Waals surface area contributed by atoms with E-state index in [1.807, 2.05) is 36.5 Å². The maximum atomic E-state index is 14.5. The Bertz CT molecular complexity index is 1730. The van der Waals surface area contributed by atoms with Crippen LogP contribution in [0.4, 0.5) is 8.78 Å². The van der Waals surface area contributed by atoms with Crippen LogP contribution in [0.3, 0.4) is 0 Å². The number of H-pyrrole nitrogens is 1. The van der Waals surface area contributed by atoms with E-state index >= 15 is 0 Å². The summed E-state index contributed by atoms with van der Waals surface area (Å²) in [7, 11) is 1.64. The summed E-state index contributed by atoms with van der Waals surface area (Å²) < 4.78 is 31.2. The third kappa shape index (κ3) is 3.60. The number of nitrogens with zero attached hydrogens (tertiary/aromatic N) is 2. The maximum Gasteiger partial charge on any atom is 0.274 e. The molecule has 2 aromatic carbocycles. The first-order valence-electron chi connectivity index (χ1n) is 11.4. The fraction of sp³-hybridized carbons (Fsp3) is 0.143. The minimum atomic E-state index is -0.730. The van der Waals surface area contributed by atoms with Crippen molar-refractivity contribution < 1.29 is 8.78 Å². The Balaban J connectivity index is 1.65. The molecule has 0 spiro atoms. The van der Waals surface area contributed by atoms with Crippen molar-refractivity contribution >= 4 is 10.9 Å². The van der Waals surface area contributed by atoms with Gasteiger partial charge in [-0.15, -0.1) is 0 Å². The van der Waals surface area contributed by atoms with E-state index in [0.29, 0.717) is 22.2 Å². The van der Waals surface area contributed by atoms with Crippen LogP contribution in [0.2, 0.25) is 0 Å². The molecule has 3 aromatic heterocycles. The molecule has 1 aliphatic carbocycles. The molecule has 7 heteroatoms. The molecule has 3 heterocycles. The molecule has 1 aliphatic rings. The molecule has 0 saturated heterocycles. The van der Waals surface area contributed by atoms with E-state index < -0.39 is 11.6 Å². The zero-order chi connectivity index (χ0) is 24.3. The second-order valence-corrected chi connectivity index (χ2v) is 9.00. The normalized spacial score (nSPS) is 13.5. The number of rotatable bonds is 4. The highest BCUT2D eigenvalue weighted by Gasteiger charge is 2.26. The molecule has 1 fully saturated rings. The van der Waals surface area contributed by atoms with Gasteiger partial charge in [0.1, 0.15) is 17.2 Å². The van der Waals surface area contributed by atoms with Crippen molar-refractivity contribution in [2.24, 2.45) is 7.05 Å². The van der Waals surface area contributed by atoms with Crippen LogP contribution in [0.15, 0.2) is 82.6 Å². The van der Waals surface area contributed by atoms with Gasteiger partial charge in [-0.1, -0.05) is 30.3 Å². The van der Waals surface area contributed by atoms with Crippen molar-refractivity contribution in [1.82, 2.24) is 14.1 Å². The number of aromatic amines is 1. The first-order valence-corrected chi connectivity index (χ1v) is 11.4.